The van der Waals surface area contributed by atoms with Crippen molar-refractivity contribution < 1.29 is 4.79 Å². The summed E-state index contributed by atoms with van der Waals surface area (Å²) in [6.45, 7) is 5.82. The van der Waals surface area contributed by atoms with E-state index in [2.05, 4.69) is 32.2 Å². The normalized spacial score (nSPS) is 10.3. The van der Waals surface area contributed by atoms with Crippen molar-refractivity contribution in [2.75, 3.05) is 6.26 Å². The van der Waals surface area contributed by atoms with Gasteiger partial charge in [0.05, 0.1) is 0 Å². The third kappa shape index (κ3) is 2.61. The molecule has 0 N–H and O–H groups in total. The van der Waals surface area contributed by atoms with Gasteiger partial charge in [-0.15, -0.1) is 11.8 Å². The molecule has 0 amide bonds. The van der Waals surface area contributed by atoms with Crippen molar-refractivity contribution in [3.05, 3.63) is 28.8 Å². The highest BCUT2D eigenvalue weighted by atomic mass is 32.2. The van der Waals surface area contributed by atoms with Crippen molar-refractivity contribution >= 4 is 17.5 Å². The molecule has 1 rings (SSSR count). The molecule has 0 unspecified atom stereocenters. The van der Waals surface area contributed by atoms with Gasteiger partial charge in [-0.3, -0.25) is 4.79 Å². The first-order chi connectivity index (χ1) is 6.54. The Kier molecular flexibility index (Phi) is 3.76. The van der Waals surface area contributed by atoms with Gasteiger partial charge in [-0.25, -0.2) is 0 Å². The average molecular weight is 208 g/mol. The summed E-state index contributed by atoms with van der Waals surface area (Å²) in [5, 5.41) is 0. The molecular weight excluding hydrogens is 192 g/mol. The number of rotatable bonds is 3. The third-order valence-corrected chi connectivity index (χ3v) is 3.13. The quantitative estimate of drug-likeness (QED) is 0.710. The van der Waals surface area contributed by atoms with E-state index in [1.165, 1.54) is 21.6 Å². The van der Waals surface area contributed by atoms with Gasteiger partial charge in [0.25, 0.3) is 0 Å². The van der Waals surface area contributed by atoms with Crippen molar-refractivity contribution in [1.82, 2.24) is 0 Å². The number of carbonyl (C=O) groups excluding carboxylic acids is 1. The molecule has 1 nitrogen and oxygen atoms in total. The minimum absolute atomic E-state index is 0.228. The standard InChI is InChI=1S/C12H16OS/c1-8-5-12(14-4)7-11(10(8)3)6-9(2)13/h5,7H,6H2,1-4H3. The van der Waals surface area contributed by atoms with Crippen LogP contribution in [0.25, 0.3) is 0 Å². The molecule has 1 aromatic carbocycles. The molecule has 0 saturated carbocycles. The highest BCUT2D eigenvalue weighted by Crippen LogP contribution is 2.23. The smallest absolute Gasteiger partial charge is 0.134 e. The fourth-order valence-electron chi connectivity index (χ4n) is 1.47. The Bertz CT molecular complexity index is 356. The fourth-order valence-corrected chi connectivity index (χ4v) is 2.02. The molecule has 0 aliphatic heterocycles. The molecule has 0 aliphatic carbocycles. The Labute approximate surface area is 89.9 Å². The van der Waals surface area contributed by atoms with E-state index in [9.17, 15) is 4.79 Å². The van der Waals surface area contributed by atoms with Crippen molar-refractivity contribution in [3.8, 4) is 0 Å². The number of hydrogen-bond donors (Lipinski definition) is 0. The first kappa shape index (κ1) is 11.3. The Hall–Kier alpha value is -0.760. The predicted molar refractivity (Wildman–Crippen MR) is 62.1 cm³/mol. The van der Waals surface area contributed by atoms with E-state index >= 15 is 0 Å². The van der Waals surface area contributed by atoms with Gasteiger partial charge in [-0.1, -0.05) is 0 Å². The maximum atomic E-state index is 11.1. The summed E-state index contributed by atoms with van der Waals surface area (Å²) in [6, 6.07) is 4.29. The SMILES string of the molecule is CSc1cc(C)c(C)c(CC(C)=O)c1. The van der Waals surface area contributed by atoms with Crippen molar-refractivity contribution in [3.63, 3.8) is 0 Å². The van der Waals surface area contributed by atoms with Crippen LogP contribution >= 0.6 is 11.8 Å². The summed E-state index contributed by atoms with van der Waals surface area (Å²) in [4.78, 5) is 12.3. The highest BCUT2D eigenvalue weighted by molar-refractivity contribution is 7.98. The number of carbonyl (C=O) groups is 1. The van der Waals surface area contributed by atoms with Crippen molar-refractivity contribution in [1.29, 1.82) is 0 Å². The molecule has 0 fully saturated rings. The lowest BCUT2D eigenvalue weighted by molar-refractivity contribution is -0.116. The summed E-state index contributed by atoms with van der Waals surface area (Å²) in [5.41, 5.74) is 3.69. The lowest BCUT2D eigenvalue weighted by Crippen LogP contribution is -2.00. The zero-order valence-corrected chi connectivity index (χ0v) is 9.99. The third-order valence-electron chi connectivity index (χ3n) is 2.42. The van der Waals surface area contributed by atoms with Gasteiger partial charge in [0.2, 0.25) is 0 Å². The van der Waals surface area contributed by atoms with Gasteiger partial charge in [0, 0.05) is 11.3 Å². The maximum Gasteiger partial charge on any atom is 0.134 e. The molecule has 1 aromatic rings. The second-order valence-electron chi connectivity index (χ2n) is 3.61. The van der Waals surface area contributed by atoms with Crippen LogP contribution in [0, 0.1) is 13.8 Å². The zero-order valence-electron chi connectivity index (χ0n) is 9.18. The van der Waals surface area contributed by atoms with Crippen molar-refractivity contribution in [2.45, 2.75) is 32.1 Å². The molecule has 0 aromatic heterocycles. The molecular formula is C12H16OS. The molecule has 0 radical (unpaired) electrons. The van der Waals surface area contributed by atoms with Crippen LogP contribution in [0.2, 0.25) is 0 Å². The van der Waals surface area contributed by atoms with E-state index in [0.29, 0.717) is 6.42 Å². The van der Waals surface area contributed by atoms with Crippen LogP contribution < -0.4 is 0 Å². The number of Topliss-reactive ketones (excluding diaryl/α,β-unsaturated/α-hetero) is 1. The maximum absolute atomic E-state index is 11.1. The number of aryl methyl sites for hydroxylation is 1. The van der Waals surface area contributed by atoms with Gasteiger partial charge in [-0.05, 0) is 55.9 Å². The number of thioether (sulfide) groups is 1. The Morgan fingerprint density at radius 3 is 2.50 bits per heavy atom. The molecule has 0 atom stereocenters. The van der Waals surface area contributed by atoms with E-state index in [4.69, 9.17) is 0 Å². The lowest BCUT2D eigenvalue weighted by atomic mass is 10.00. The van der Waals surface area contributed by atoms with Crippen LogP contribution in [0.4, 0.5) is 0 Å². The summed E-state index contributed by atoms with van der Waals surface area (Å²) >= 11 is 1.72. The monoisotopic (exact) mass is 208 g/mol. The molecule has 14 heavy (non-hydrogen) atoms. The Morgan fingerprint density at radius 1 is 1.36 bits per heavy atom. The van der Waals surface area contributed by atoms with Gasteiger partial charge in [0.1, 0.15) is 5.78 Å². The Balaban J connectivity index is 3.13. The topological polar surface area (TPSA) is 17.1 Å². The largest absolute Gasteiger partial charge is 0.300 e. The Morgan fingerprint density at radius 2 is 2.00 bits per heavy atom. The van der Waals surface area contributed by atoms with Crippen LogP contribution in [-0.4, -0.2) is 12.0 Å². The van der Waals surface area contributed by atoms with Crippen LogP contribution in [0.5, 0.6) is 0 Å². The summed E-state index contributed by atoms with van der Waals surface area (Å²) < 4.78 is 0. The second-order valence-corrected chi connectivity index (χ2v) is 4.49. The van der Waals surface area contributed by atoms with E-state index in [-0.39, 0.29) is 5.78 Å². The first-order valence-corrected chi connectivity index (χ1v) is 5.90. The second kappa shape index (κ2) is 4.65. The molecule has 0 spiro atoms. The highest BCUT2D eigenvalue weighted by Gasteiger charge is 2.05. The number of ketones is 1. The van der Waals surface area contributed by atoms with Gasteiger partial charge in [0.15, 0.2) is 0 Å². The van der Waals surface area contributed by atoms with Crippen molar-refractivity contribution in [2.24, 2.45) is 0 Å². The van der Waals surface area contributed by atoms with Gasteiger partial charge in [-0.2, -0.15) is 0 Å². The predicted octanol–water partition coefficient (Wildman–Crippen LogP) is 3.16. The van der Waals surface area contributed by atoms with Gasteiger partial charge >= 0.3 is 0 Å². The summed E-state index contributed by atoms with van der Waals surface area (Å²) in [5.74, 6) is 0.228. The summed E-state index contributed by atoms with van der Waals surface area (Å²) in [7, 11) is 0. The van der Waals surface area contributed by atoms with E-state index in [0.717, 1.165) is 0 Å². The lowest BCUT2D eigenvalue weighted by Gasteiger charge is -2.09. The van der Waals surface area contributed by atoms with Crippen LogP contribution in [0.15, 0.2) is 17.0 Å². The summed E-state index contributed by atoms with van der Waals surface area (Å²) in [6.07, 6.45) is 2.61. The molecule has 76 valence electrons. The van der Waals surface area contributed by atoms with Gasteiger partial charge < -0.3 is 0 Å². The minimum atomic E-state index is 0.228. The zero-order chi connectivity index (χ0) is 10.7. The number of benzene rings is 1. The minimum Gasteiger partial charge on any atom is -0.300 e. The average Bonchev–Trinajstić information content (AvgIpc) is 2.11. The van der Waals surface area contributed by atoms with Crippen LogP contribution in [0.3, 0.4) is 0 Å². The molecule has 0 heterocycles. The number of hydrogen-bond acceptors (Lipinski definition) is 2. The van der Waals surface area contributed by atoms with E-state index in [1.807, 2.05) is 0 Å². The molecule has 0 saturated heterocycles. The molecule has 0 aliphatic rings. The fraction of sp³-hybridized carbons (Fsp3) is 0.417. The van der Waals surface area contributed by atoms with E-state index < -0.39 is 0 Å². The molecule has 2 heteroatoms. The van der Waals surface area contributed by atoms with Crippen LogP contribution in [0.1, 0.15) is 23.6 Å². The molecule has 0 bridgehead atoms. The first-order valence-electron chi connectivity index (χ1n) is 4.68. The van der Waals surface area contributed by atoms with Crippen LogP contribution in [-0.2, 0) is 11.2 Å². The van der Waals surface area contributed by atoms with E-state index in [1.54, 1.807) is 18.7 Å².